The molecule has 8 nitrogen and oxygen atoms in total. The summed E-state index contributed by atoms with van der Waals surface area (Å²) in [5.41, 5.74) is -1.37. The molecule has 0 unspecified atom stereocenters. The van der Waals surface area contributed by atoms with Crippen LogP contribution in [0.4, 0.5) is 23.2 Å². The number of benzene rings is 2. The standard InChI is InChI=1S/C27H19ClF4N4O4S/c28-17-4-5-21(35-26(40)15-3-1-2-14(8-15)13-41-7-6-22(37)38)18(10-17)25(39)19-12-34-36-23(19)24-20(29)9-16(11-33-24)27(30,31)32/h1-5,8-12H,6-7,13H2,(H,34,36)(H,35,40)(H,37,38). The van der Waals surface area contributed by atoms with Crippen molar-refractivity contribution in [3.8, 4) is 11.4 Å². The van der Waals surface area contributed by atoms with E-state index in [1.54, 1.807) is 24.3 Å². The quantitative estimate of drug-likeness (QED) is 0.107. The van der Waals surface area contributed by atoms with E-state index in [0.717, 1.165) is 11.8 Å². The molecule has 1 amide bonds. The van der Waals surface area contributed by atoms with Crippen LogP contribution < -0.4 is 5.32 Å². The minimum Gasteiger partial charge on any atom is -0.481 e. The molecule has 0 bridgehead atoms. The van der Waals surface area contributed by atoms with Gasteiger partial charge in [-0.05, 0) is 42.0 Å². The van der Waals surface area contributed by atoms with Crippen LogP contribution in [-0.4, -0.2) is 43.7 Å². The lowest BCUT2D eigenvalue weighted by atomic mass is 10.00. The van der Waals surface area contributed by atoms with E-state index in [4.69, 9.17) is 16.7 Å². The van der Waals surface area contributed by atoms with Gasteiger partial charge in [0, 0.05) is 40.0 Å². The van der Waals surface area contributed by atoms with Crippen molar-refractivity contribution in [2.24, 2.45) is 0 Å². The molecule has 41 heavy (non-hydrogen) atoms. The Morgan fingerprint density at radius 1 is 1.05 bits per heavy atom. The number of thioether (sulfide) groups is 1. The number of hydrogen-bond acceptors (Lipinski definition) is 6. The summed E-state index contributed by atoms with van der Waals surface area (Å²) in [6.07, 6.45) is -3.24. The number of amides is 1. The molecule has 3 N–H and O–H groups in total. The second-order valence-corrected chi connectivity index (χ2v) is 10.1. The highest BCUT2D eigenvalue weighted by Gasteiger charge is 2.33. The number of pyridine rings is 1. The first-order valence-corrected chi connectivity index (χ1v) is 13.3. The molecule has 0 radical (unpaired) electrons. The van der Waals surface area contributed by atoms with Gasteiger partial charge in [0.25, 0.3) is 5.91 Å². The number of carboxylic acids is 1. The third-order valence-electron chi connectivity index (χ3n) is 5.67. The predicted molar refractivity (Wildman–Crippen MR) is 144 cm³/mol. The van der Waals surface area contributed by atoms with Gasteiger partial charge in [0.05, 0.1) is 23.2 Å². The van der Waals surface area contributed by atoms with E-state index in [0.29, 0.717) is 17.7 Å². The molecule has 2 heterocycles. The van der Waals surface area contributed by atoms with Gasteiger partial charge in [-0.25, -0.2) is 4.39 Å². The van der Waals surface area contributed by atoms with Gasteiger partial charge in [-0.3, -0.25) is 24.5 Å². The molecule has 0 aliphatic heterocycles. The lowest BCUT2D eigenvalue weighted by molar-refractivity contribution is -0.138. The zero-order valence-corrected chi connectivity index (χ0v) is 22.3. The zero-order valence-electron chi connectivity index (χ0n) is 20.8. The number of anilines is 1. The Bertz CT molecular complexity index is 1630. The number of aliphatic carboxylic acids is 1. The molecule has 2 aromatic carbocycles. The van der Waals surface area contributed by atoms with Gasteiger partial charge in [-0.2, -0.15) is 30.0 Å². The first-order valence-electron chi connectivity index (χ1n) is 11.7. The maximum Gasteiger partial charge on any atom is 0.417 e. The largest absolute Gasteiger partial charge is 0.481 e. The number of nitrogens with zero attached hydrogens (tertiary/aromatic N) is 2. The number of aromatic nitrogens is 3. The minimum atomic E-state index is -4.82. The number of carbonyl (C=O) groups excluding carboxylic acids is 2. The van der Waals surface area contributed by atoms with E-state index in [1.807, 2.05) is 0 Å². The van der Waals surface area contributed by atoms with E-state index in [-0.39, 0.29) is 45.6 Å². The van der Waals surface area contributed by atoms with Crippen LogP contribution in [0.15, 0.2) is 60.9 Å². The fourth-order valence-corrected chi connectivity index (χ4v) is 4.77. The molecule has 0 aliphatic carbocycles. The van der Waals surface area contributed by atoms with Gasteiger partial charge in [-0.1, -0.05) is 23.7 Å². The Hall–Kier alpha value is -4.23. The van der Waals surface area contributed by atoms with Crippen molar-refractivity contribution in [3.05, 3.63) is 99.6 Å². The highest BCUT2D eigenvalue weighted by Crippen LogP contribution is 2.33. The number of alkyl halides is 3. The Labute approximate surface area is 239 Å². The fraction of sp³-hybridized carbons (Fsp3) is 0.148. The van der Waals surface area contributed by atoms with Gasteiger partial charge < -0.3 is 10.4 Å². The molecule has 14 heteroatoms. The van der Waals surface area contributed by atoms with Gasteiger partial charge in [-0.15, -0.1) is 0 Å². The molecule has 0 fully saturated rings. The summed E-state index contributed by atoms with van der Waals surface area (Å²) in [6.45, 7) is 0. The topological polar surface area (TPSA) is 125 Å². The van der Waals surface area contributed by atoms with Crippen LogP contribution in [0, 0.1) is 5.82 Å². The lowest BCUT2D eigenvalue weighted by Crippen LogP contribution is -2.16. The number of rotatable bonds is 10. The molecule has 0 saturated heterocycles. The molecule has 0 saturated carbocycles. The van der Waals surface area contributed by atoms with Crippen LogP contribution in [0.2, 0.25) is 5.02 Å². The summed E-state index contributed by atoms with van der Waals surface area (Å²) in [6, 6.07) is 11.0. The van der Waals surface area contributed by atoms with E-state index in [9.17, 15) is 31.9 Å². The van der Waals surface area contributed by atoms with Crippen LogP contribution in [0.3, 0.4) is 0 Å². The van der Waals surface area contributed by atoms with Crippen molar-refractivity contribution in [1.29, 1.82) is 0 Å². The normalized spacial score (nSPS) is 11.3. The number of aromatic amines is 1. The third kappa shape index (κ3) is 7.30. The summed E-state index contributed by atoms with van der Waals surface area (Å²) in [7, 11) is 0. The van der Waals surface area contributed by atoms with Crippen LogP contribution in [0.5, 0.6) is 0 Å². The number of ketones is 1. The van der Waals surface area contributed by atoms with Crippen molar-refractivity contribution in [2.75, 3.05) is 11.1 Å². The molecular weight excluding hydrogens is 588 g/mol. The first kappa shape index (κ1) is 29.7. The number of halogens is 5. The van der Waals surface area contributed by atoms with E-state index >= 15 is 0 Å². The second-order valence-electron chi connectivity index (χ2n) is 8.57. The van der Waals surface area contributed by atoms with Crippen LogP contribution in [0.1, 0.15) is 43.8 Å². The second kappa shape index (κ2) is 12.5. The van der Waals surface area contributed by atoms with Crippen molar-refractivity contribution >= 4 is 46.7 Å². The van der Waals surface area contributed by atoms with Gasteiger partial charge in [0.2, 0.25) is 0 Å². The molecule has 0 spiro atoms. The number of carbonyl (C=O) groups is 3. The average Bonchev–Trinajstić information content (AvgIpc) is 3.41. The van der Waals surface area contributed by atoms with Crippen LogP contribution >= 0.6 is 23.4 Å². The summed E-state index contributed by atoms with van der Waals surface area (Å²) < 4.78 is 53.5. The van der Waals surface area contributed by atoms with Crippen molar-refractivity contribution < 1.29 is 37.1 Å². The smallest absolute Gasteiger partial charge is 0.417 e. The summed E-state index contributed by atoms with van der Waals surface area (Å²) in [4.78, 5) is 40.8. The first-order chi connectivity index (χ1) is 19.4. The number of hydrogen-bond donors (Lipinski definition) is 3. The molecule has 4 rings (SSSR count). The van der Waals surface area contributed by atoms with Gasteiger partial charge >= 0.3 is 12.1 Å². The highest BCUT2D eigenvalue weighted by atomic mass is 35.5. The lowest BCUT2D eigenvalue weighted by Gasteiger charge is -2.12. The molecule has 2 aromatic heterocycles. The molecule has 0 aliphatic rings. The molecule has 212 valence electrons. The Balaban J connectivity index is 1.59. The van der Waals surface area contributed by atoms with Crippen molar-refractivity contribution in [1.82, 2.24) is 15.2 Å². The monoisotopic (exact) mass is 606 g/mol. The van der Waals surface area contributed by atoms with Crippen LogP contribution in [0.25, 0.3) is 11.4 Å². The van der Waals surface area contributed by atoms with Crippen molar-refractivity contribution in [2.45, 2.75) is 18.3 Å². The van der Waals surface area contributed by atoms with E-state index in [1.165, 1.54) is 30.0 Å². The van der Waals surface area contributed by atoms with Gasteiger partial charge in [0.15, 0.2) is 11.6 Å². The highest BCUT2D eigenvalue weighted by molar-refractivity contribution is 7.98. The Morgan fingerprint density at radius 2 is 1.83 bits per heavy atom. The number of H-pyrrole nitrogens is 1. The van der Waals surface area contributed by atoms with E-state index in [2.05, 4.69) is 20.5 Å². The third-order valence-corrected chi connectivity index (χ3v) is 6.94. The minimum absolute atomic E-state index is 0.0121. The maximum atomic E-state index is 14.6. The summed E-state index contributed by atoms with van der Waals surface area (Å²) in [5.74, 6) is -2.65. The number of nitrogens with one attached hydrogen (secondary N) is 2. The Morgan fingerprint density at radius 3 is 2.54 bits per heavy atom. The van der Waals surface area contributed by atoms with Crippen molar-refractivity contribution in [3.63, 3.8) is 0 Å². The van der Waals surface area contributed by atoms with Crippen LogP contribution in [-0.2, 0) is 16.7 Å². The predicted octanol–water partition coefficient (Wildman–Crippen LogP) is 6.47. The molecule has 0 atom stereocenters. The maximum absolute atomic E-state index is 14.6. The SMILES string of the molecule is O=C(O)CCSCc1cccc(C(=O)Nc2ccc(Cl)cc2C(=O)c2c[nH]nc2-c2ncc(C(F)(F)F)cc2F)c1. The average molecular weight is 607 g/mol. The summed E-state index contributed by atoms with van der Waals surface area (Å²) >= 11 is 7.51. The summed E-state index contributed by atoms with van der Waals surface area (Å²) in [5, 5.41) is 17.8. The van der Waals surface area contributed by atoms with Gasteiger partial charge in [0.1, 0.15) is 11.4 Å². The molecular formula is C27H19ClF4N4O4S. The van der Waals surface area contributed by atoms with E-state index < -0.39 is 40.9 Å². The number of carboxylic acid groups (broad SMARTS) is 1. The molecule has 4 aromatic rings. The Kier molecular flexibility index (Phi) is 9.08. The zero-order chi connectivity index (χ0) is 29.7. The fourth-order valence-electron chi connectivity index (χ4n) is 3.72.